The van der Waals surface area contributed by atoms with Crippen LogP contribution in [-0.2, 0) is 11.2 Å². The maximum Gasteiger partial charge on any atom is 0.270 e. The van der Waals surface area contributed by atoms with Crippen molar-refractivity contribution in [1.29, 1.82) is 0 Å². The highest BCUT2D eigenvalue weighted by molar-refractivity contribution is 5.77. The van der Waals surface area contributed by atoms with Crippen molar-refractivity contribution in [2.75, 3.05) is 7.05 Å². The zero-order valence-corrected chi connectivity index (χ0v) is 13.5. The van der Waals surface area contributed by atoms with Crippen LogP contribution in [-0.4, -0.2) is 33.0 Å². The van der Waals surface area contributed by atoms with Crippen LogP contribution in [0.25, 0.3) is 11.0 Å². The van der Waals surface area contributed by atoms with E-state index in [9.17, 15) is 9.59 Å². The first kappa shape index (κ1) is 15.9. The highest BCUT2D eigenvalue weighted by Gasteiger charge is 2.20. The number of aromatic nitrogens is 3. The van der Waals surface area contributed by atoms with Gasteiger partial charge in [-0.3, -0.25) is 9.59 Å². The molecule has 1 unspecified atom stereocenters. The zero-order chi connectivity index (χ0) is 17.1. The van der Waals surface area contributed by atoms with Gasteiger partial charge in [-0.25, -0.2) is 4.98 Å². The highest BCUT2D eigenvalue weighted by Crippen LogP contribution is 2.17. The largest absolute Gasteiger partial charge is 0.364 e. The number of H-pyrrole nitrogens is 1. The van der Waals surface area contributed by atoms with Crippen LogP contribution >= 0.6 is 0 Å². The van der Waals surface area contributed by atoms with Gasteiger partial charge >= 0.3 is 0 Å². The number of hydrogen-bond acceptors (Lipinski definition) is 5. The molecule has 0 saturated heterocycles. The maximum atomic E-state index is 12.4. The summed E-state index contributed by atoms with van der Waals surface area (Å²) in [6.45, 7) is 1.87. The van der Waals surface area contributed by atoms with Gasteiger partial charge in [0, 0.05) is 26.0 Å². The Bertz CT molecular complexity index is 902. The molecule has 0 saturated carbocycles. The molecule has 124 valence electrons. The zero-order valence-electron chi connectivity index (χ0n) is 13.5. The number of fused-ring (bicyclic) bond motifs is 1. The van der Waals surface area contributed by atoms with Crippen LogP contribution in [0.3, 0.4) is 0 Å². The Balaban J connectivity index is 1.70. The number of para-hydroxylation sites is 2. The average Bonchev–Trinajstić information content (AvgIpc) is 3.12. The molecular weight excluding hydrogens is 308 g/mol. The summed E-state index contributed by atoms with van der Waals surface area (Å²) in [6.07, 6.45) is 1.96. The van der Waals surface area contributed by atoms with Gasteiger partial charge < -0.3 is 14.4 Å². The fraction of sp³-hybridized carbons (Fsp3) is 0.294. The molecule has 2 heterocycles. The standard InChI is InChI=1S/C17H18N4O3/c1-11(12-9-10-24-20-12)21(2)16(22)8-7-15-17(23)19-14-6-4-3-5-13(14)18-15/h3-6,9-11H,7-8H2,1-2H3,(H,19,23). The van der Waals surface area contributed by atoms with Crippen LogP contribution in [0, 0.1) is 0 Å². The molecule has 2 aromatic heterocycles. The maximum absolute atomic E-state index is 12.4. The summed E-state index contributed by atoms with van der Waals surface area (Å²) in [5.74, 6) is -0.0835. The van der Waals surface area contributed by atoms with Crippen LogP contribution in [0.5, 0.6) is 0 Å². The van der Waals surface area contributed by atoms with Crippen LogP contribution < -0.4 is 5.56 Å². The van der Waals surface area contributed by atoms with Gasteiger partial charge in [-0.05, 0) is 19.1 Å². The Morgan fingerprint density at radius 3 is 2.88 bits per heavy atom. The molecule has 3 rings (SSSR count). The lowest BCUT2D eigenvalue weighted by Crippen LogP contribution is -2.30. The Hall–Kier alpha value is -2.96. The Labute approximate surface area is 138 Å². The number of carbonyl (C=O) groups is 1. The number of carbonyl (C=O) groups excluding carboxylic acids is 1. The first-order chi connectivity index (χ1) is 11.6. The number of amides is 1. The van der Waals surface area contributed by atoms with Gasteiger partial charge in [-0.2, -0.15) is 0 Å². The monoisotopic (exact) mass is 326 g/mol. The number of aromatic amines is 1. The predicted octanol–water partition coefficient (Wildman–Crippen LogP) is 2.06. The summed E-state index contributed by atoms with van der Waals surface area (Å²) in [7, 11) is 1.71. The fourth-order valence-electron chi connectivity index (χ4n) is 2.49. The molecule has 1 amide bonds. The molecule has 1 aromatic carbocycles. The van der Waals surface area contributed by atoms with E-state index in [0.29, 0.717) is 22.4 Å². The van der Waals surface area contributed by atoms with E-state index in [1.165, 1.54) is 6.26 Å². The number of nitrogens with one attached hydrogen (secondary N) is 1. The Morgan fingerprint density at radius 1 is 1.33 bits per heavy atom. The van der Waals surface area contributed by atoms with Crippen molar-refractivity contribution >= 4 is 16.9 Å². The van der Waals surface area contributed by atoms with Crippen molar-refractivity contribution < 1.29 is 9.32 Å². The Morgan fingerprint density at radius 2 is 2.12 bits per heavy atom. The fourth-order valence-corrected chi connectivity index (χ4v) is 2.49. The summed E-state index contributed by atoms with van der Waals surface area (Å²) in [5, 5.41) is 3.85. The van der Waals surface area contributed by atoms with Crippen molar-refractivity contribution in [3.05, 3.63) is 58.3 Å². The van der Waals surface area contributed by atoms with Crippen LogP contribution in [0.1, 0.15) is 30.8 Å². The van der Waals surface area contributed by atoms with Gasteiger partial charge in [0.05, 0.1) is 17.1 Å². The second-order valence-corrected chi connectivity index (χ2v) is 5.63. The summed E-state index contributed by atoms with van der Waals surface area (Å²) < 4.78 is 4.81. The summed E-state index contributed by atoms with van der Waals surface area (Å²) >= 11 is 0. The first-order valence-electron chi connectivity index (χ1n) is 7.70. The van der Waals surface area contributed by atoms with E-state index in [1.807, 2.05) is 25.1 Å². The molecule has 0 radical (unpaired) electrons. The number of rotatable bonds is 5. The lowest BCUT2D eigenvalue weighted by atomic mass is 10.1. The normalized spacial score (nSPS) is 12.2. The molecule has 0 aliphatic rings. The average molecular weight is 326 g/mol. The smallest absolute Gasteiger partial charge is 0.270 e. The SMILES string of the molecule is CC(c1ccon1)N(C)C(=O)CCc1nc2ccccc2[nH]c1=O. The van der Waals surface area contributed by atoms with Crippen molar-refractivity contribution in [2.24, 2.45) is 0 Å². The van der Waals surface area contributed by atoms with E-state index in [2.05, 4.69) is 15.1 Å². The van der Waals surface area contributed by atoms with Crippen LogP contribution in [0.2, 0.25) is 0 Å². The van der Waals surface area contributed by atoms with Crippen molar-refractivity contribution in [3.8, 4) is 0 Å². The summed E-state index contributed by atoms with van der Waals surface area (Å²) in [5.41, 5.74) is 2.20. The summed E-state index contributed by atoms with van der Waals surface area (Å²) in [4.78, 5) is 33.2. The molecular formula is C17H18N4O3. The number of aryl methyl sites for hydroxylation is 1. The lowest BCUT2D eigenvalue weighted by Gasteiger charge is -2.23. The molecule has 24 heavy (non-hydrogen) atoms. The van der Waals surface area contributed by atoms with E-state index in [-0.39, 0.29) is 30.3 Å². The summed E-state index contributed by atoms with van der Waals surface area (Å²) in [6, 6.07) is 8.85. The second-order valence-electron chi connectivity index (χ2n) is 5.63. The van der Waals surface area contributed by atoms with Gasteiger partial charge in [-0.1, -0.05) is 17.3 Å². The topological polar surface area (TPSA) is 92.1 Å². The minimum atomic E-state index is -0.256. The quantitative estimate of drug-likeness (QED) is 0.775. The third-order valence-electron chi connectivity index (χ3n) is 4.11. The van der Waals surface area contributed by atoms with Crippen LogP contribution in [0.4, 0.5) is 0 Å². The van der Waals surface area contributed by atoms with E-state index < -0.39 is 0 Å². The van der Waals surface area contributed by atoms with Gasteiger partial charge in [0.25, 0.3) is 5.56 Å². The van der Waals surface area contributed by atoms with Crippen molar-refractivity contribution in [1.82, 2.24) is 20.0 Å². The number of benzene rings is 1. The van der Waals surface area contributed by atoms with Gasteiger partial charge in [0.1, 0.15) is 17.7 Å². The molecule has 0 bridgehead atoms. The van der Waals surface area contributed by atoms with Crippen LogP contribution in [0.15, 0.2) is 45.9 Å². The van der Waals surface area contributed by atoms with E-state index in [1.54, 1.807) is 24.1 Å². The molecule has 0 spiro atoms. The van der Waals surface area contributed by atoms with E-state index in [4.69, 9.17) is 4.52 Å². The molecule has 0 aliphatic heterocycles. The predicted molar refractivity (Wildman–Crippen MR) is 88.4 cm³/mol. The molecule has 7 heteroatoms. The second kappa shape index (κ2) is 6.66. The minimum Gasteiger partial charge on any atom is -0.364 e. The van der Waals surface area contributed by atoms with Gasteiger partial charge in [0.15, 0.2) is 0 Å². The molecule has 3 aromatic rings. The molecule has 0 aliphatic carbocycles. The highest BCUT2D eigenvalue weighted by atomic mass is 16.5. The van der Waals surface area contributed by atoms with Crippen molar-refractivity contribution in [3.63, 3.8) is 0 Å². The lowest BCUT2D eigenvalue weighted by molar-refractivity contribution is -0.131. The van der Waals surface area contributed by atoms with E-state index in [0.717, 1.165) is 0 Å². The van der Waals surface area contributed by atoms with Gasteiger partial charge in [-0.15, -0.1) is 0 Å². The third-order valence-corrected chi connectivity index (χ3v) is 4.11. The number of nitrogens with zero attached hydrogens (tertiary/aromatic N) is 3. The minimum absolute atomic E-state index is 0.0835. The molecule has 0 fully saturated rings. The molecule has 1 atom stereocenters. The number of hydrogen-bond donors (Lipinski definition) is 1. The first-order valence-corrected chi connectivity index (χ1v) is 7.70. The third kappa shape index (κ3) is 3.19. The van der Waals surface area contributed by atoms with Crippen molar-refractivity contribution in [2.45, 2.75) is 25.8 Å². The molecule has 1 N–H and O–H groups in total. The molecule has 7 nitrogen and oxygen atoms in total. The Kier molecular flexibility index (Phi) is 4.41. The van der Waals surface area contributed by atoms with E-state index >= 15 is 0 Å². The van der Waals surface area contributed by atoms with Gasteiger partial charge in [0.2, 0.25) is 5.91 Å².